The van der Waals surface area contributed by atoms with Gasteiger partial charge in [-0.05, 0) is 43.4 Å². The Morgan fingerprint density at radius 2 is 1.96 bits per heavy atom. The van der Waals surface area contributed by atoms with Crippen LogP contribution in [0, 0.1) is 5.92 Å². The molecule has 6 nitrogen and oxygen atoms in total. The van der Waals surface area contributed by atoms with Crippen molar-refractivity contribution < 1.29 is 19.0 Å². The molecule has 1 unspecified atom stereocenters. The van der Waals surface area contributed by atoms with Gasteiger partial charge < -0.3 is 24.8 Å². The number of carbonyl (C=O) groups is 1. The van der Waals surface area contributed by atoms with Crippen LogP contribution in [0.3, 0.4) is 0 Å². The van der Waals surface area contributed by atoms with Crippen molar-refractivity contribution in [1.82, 2.24) is 10.6 Å². The van der Waals surface area contributed by atoms with E-state index in [1.165, 1.54) is 0 Å². The van der Waals surface area contributed by atoms with Gasteiger partial charge in [-0.1, -0.05) is 6.07 Å². The molecule has 0 radical (unpaired) electrons. The predicted octanol–water partition coefficient (Wildman–Crippen LogP) is 2.32. The van der Waals surface area contributed by atoms with Gasteiger partial charge in [0, 0.05) is 25.8 Å². The SMILES string of the molecule is COc1ccc(CNC(=O)NC(C)C2CCOCC2)cc1OC. The van der Waals surface area contributed by atoms with Gasteiger partial charge in [0.1, 0.15) is 0 Å². The summed E-state index contributed by atoms with van der Waals surface area (Å²) in [6, 6.07) is 5.59. The van der Waals surface area contributed by atoms with Crippen molar-refractivity contribution in [3.05, 3.63) is 23.8 Å². The molecule has 1 aliphatic rings. The minimum absolute atomic E-state index is 0.143. The molecule has 1 atom stereocenters. The molecule has 2 N–H and O–H groups in total. The fourth-order valence-electron chi connectivity index (χ4n) is 2.76. The van der Waals surface area contributed by atoms with Gasteiger partial charge in [0.2, 0.25) is 0 Å². The number of ether oxygens (including phenoxy) is 3. The minimum Gasteiger partial charge on any atom is -0.493 e. The van der Waals surface area contributed by atoms with Gasteiger partial charge in [0.05, 0.1) is 14.2 Å². The molecular formula is C17H26N2O4. The van der Waals surface area contributed by atoms with E-state index in [1.807, 2.05) is 25.1 Å². The number of hydrogen-bond acceptors (Lipinski definition) is 4. The van der Waals surface area contributed by atoms with Crippen LogP contribution in [0.5, 0.6) is 11.5 Å². The van der Waals surface area contributed by atoms with E-state index in [1.54, 1.807) is 14.2 Å². The fourth-order valence-corrected chi connectivity index (χ4v) is 2.76. The number of rotatable bonds is 6. The summed E-state index contributed by atoms with van der Waals surface area (Å²) in [5.74, 6) is 1.81. The largest absolute Gasteiger partial charge is 0.493 e. The van der Waals surface area contributed by atoms with E-state index >= 15 is 0 Å². The lowest BCUT2D eigenvalue weighted by Gasteiger charge is -2.28. The third-order valence-electron chi connectivity index (χ3n) is 4.23. The average Bonchev–Trinajstić information content (AvgIpc) is 2.60. The molecule has 0 spiro atoms. The first-order chi connectivity index (χ1) is 11.1. The van der Waals surface area contributed by atoms with E-state index < -0.39 is 0 Å². The Labute approximate surface area is 137 Å². The van der Waals surface area contributed by atoms with Gasteiger partial charge in [-0.2, -0.15) is 0 Å². The zero-order chi connectivity index (χ0) is 16.7. The first kappa shape index (κ1) is 17.4. The molecule has 0 saturated carbocycles. The van der Waals surface area contributed by atoms with E-state index in [4.69, 9.17) is 14.2 Å². The standard InChI is InChI=1S/C17H26N2O4/c1-12(14-6-8-23-9-7-14)19-17(20)18-11-13-4-5-15(21-2)16(10-13)22-3/h4-5,10,12,14H,6-9,11H2,1-3H3,(H2,18,19,20). The van der Waals surface area contributed by atoms with Crippen molar-refractivity contribution in [2.45, 2.75) is 32.4 Å². The topological polar surface area (TPSA) is 68.8 Å². The van der Waals surface area contributed by atoms with Crippen LogP contribution in [0.15, 0.2) is 18.2 Å². The van der Waals surface area contributed by atoms with Crippen LogP contribution in [-0.4, -0.2) is 39.5 Å². The molecule has 1 saturated heterocycles. The number of amides is 2. The van der Waals surface area contributed by atoms with Crippen LogP contribution in [0.4, 0.5) is 4.79 Å². The van der Waals surface area contributed by atoms with E-state index in [9.17, 15) is 4.79 Å². The molecule has 23 heavy (non-hydrogen) atoms. The van der Waals surface area contributed by atoms with Crippen LogP contribution in [0.2, 0.25) is 0 Å². The van der Waals surface area contributed by atoms with Crippen molar-refractivity contribution in [3.8, 4) is 11.5 Å². The Bertz CT molecular complexity index is 515. The molecule has 128 valence electrons. The van der Waals surface area contributed by atoms with E-state index in [-0.39, 0.29) is 12.1 Å². The molecule has 0 bridgehead atoms. The first-order valence-electron chi connectivity index (χ1n) is 7.97. The summed E-state index contributed by atoms with van der Waals surface area (Å²) in [6.07, 6.45) is 1.99. The maximum Gasteiger partial charge on any atom is 0.315 e. The quantitative estimate of drug-likeness (QED) is 0.843. The lowest BCUT2D eigenvalue weighted by Crippen LogP contribution is -2.45. The Morgan fingerprint density at radius 3 is 2.61 bits per heavy atom. The van der Waals surface area contributed by atoms with Crippen LogP contribution < -0.4 is 20.1 Å². The molecule has 1 fully saturated rings. The van der Waals surface area contributed by atoms with Crippen molar-refractivity contribution in [3.63, 3.8) is 0 Å². The maximum absolute atomic E-state index is 12.0. The second kappa shape index (κ2) is 8.62. The van der Waals surface area contributed by atoms with Crippen LogP contribution in [-0.2, 0) is 11.3 Å². The number of urea groups is 1. The highest BCUT2D eigenvalue weighted by Gasteiger charge is 2.21. The number of hydrogen-bond donors (Lipinski definition) is 2. The summed E-state index contributed by atoms with van der Waals surface area (Å²) < 4.78 is 15.8. The lowest BCUT2D eigenvalue weighted by molar-refractivity contribution is 0.0571. The zero-order valence-corrected chi connectivity index (χ0v) is 14.1. The van der Waals surface area contributed by atoms with Crippen molar-refractivity contribution in [2.75, 3.05) is 27.4 Å². The van der Waals surface area contributed by atoms with Gasteiger partial charge in [0.15, 0.2) is 11.5 Å². The minimum atomic E-state index is -0.154. The second-order valence-corrected chi connectivity index (χ2v) is 5.75. The Hall–Kier alpha value is -1.95. The van der Waals surface area contributed by atoms with Gasteiger partial charge in [-0.25, -0.2) is 4.79 Å². The fraction of sp³-hybridized carbons (Fsp3) is 0.588. The highest BCUT2D eigenvalue weighted by Crippen LogP contribution is 2.27. The highest BCUT2D eigenvalue weighted by atomic mass is 16.5. The molecule has 1 heterocycles. The smallest absolute Gasteiger partial charge is 0.315 e. The molecule has 1 aromatic carbocycles. The predicted molar refractivity (Wildman–Crippen MR) is 87.9 cm³/mol. The van der Waals surface area contributed by atoms with Crippen molar-refractivity contribution in [1.29, 1.82) is 0 Å². The van der Waals surface area contributed by atoms with Gasteiger partial charge >= 0.3 is 6.03 Å². The van der Waals surface area contributed by atoms with E-state index in [0.29, 0.717) is 24.0 Å². The normalized spacial score (nSPS) is 16.5. The van der Waals surface area contributed by atoms with Crippen LogP contribution >= 0.6 is 0 Å². The molecule has 1 aromatic rings. The number of benzene rings is 1. The Morgan fingerprint density at radius 1 is 1.26 bits per heavy atom. The molecule has 2 rings (SSSR count). The molecule has 0 aliphatic carbocycles. The summed E-state index contributed by atoms with van der Waals surface area (Å²) in [6.45, 7) is 4.05. The van der Waals surface area contributed by atoms with Crippen molar-refractivity contribution >= 4 is 6.03 Å². The van der Waals surface area contributed by atoms with Gasteiger partial charge in [-0.15, -0.1) is 0 Å². The molecule has 0 aromatic heterocycles. The average molecular weight is 322 g/mol. The summed E-state index contributed by atoms with van der Waals surface area (Å²) >= 11 is 0. The van der Waals surface area contributed by atoms with E-state index in [0.717, 1.165) is 31.6 Å². The van der Waals surface area contributed by atoms with Crippen molar-refractivity contribution in [2.24, 2.45) is 5.92 Å². The van der Waals surface area contributed by atoms with E-state index in [2.05, 4.69) is 10.6 Å². The zero-order valence-electron chi connectivity index (χ0n) is 14.1. The second-order valence-electron chi connectivity index (χ2n) is 5.75. The summed E-state index contributed by atoms with van der Waals surface area (Å²) in [4.78, 5) is 12.0. The summed E-state index contributed by atoms with van der Waals surface area (Å²) in [5, 5.41) is 5.89. The van der Waals surface area contributed by atoms with Gasteiger partial charge in [-0.3, -0.25) is 0 Å². The molecule has 1 aliphatic heterocycles. The third kappa shape index (κ3) is 5.03. The first-order valence-corrected chi connectivity index (χ1v) is 7.97. The monoisotopic (exact) mass is 322 g/mol. The Balaban J connectivity index is 1.81. The van der Waals surface area contributed by atoms with Crippen LogP contribution in [0.25, 0.3) is 0 Å². The maximum atomic E-state index is 12.0. The third-order valence-corrected chi connectivity index (χ3v) is 4.23. The van der Waals surface area contributed by atoms with Gasteiger partial charge in [0.25, 0.3) is 0 Å². The number of carbonyl (C=O) groups excluding carboxylic acids is 1. The highest BCUT2D eigenvalue weighted by molar-refractivity contribution is 5.74. The number of methoxy groups -OCH3 is 2. The lowest BCUT2D eigenvalue weighted by atomic mass is 9.93. The molecular weight excluding hydrogens is 296 g/mol. The number of nitrogens with one attached hydrogen (secondary N) is 2. The summed E-state index contributed by atoms with van der Waals surface area (Å²) in [5.41, 5.74) is 0.955. The van der Waals surface area contributed by atoms with Crippen LogP contribution in [0.1, 0.15) is 25.3 Å². The molecule has 2 amide bonds. The Kier molecular flexibility index (Phi) is 6.52. The summed E-state index contributed by atoms with van der Waals surface area (Å²) in [7, 11) is 3.19. The molecule has 6 heteroatoms.